The van der Waals surface area contributed by atoms with Gasteiger partial charge < -0.3 is 20.1 Å². The van der Waals surface area contributed by atoms with E-state index in [2.05, 4.69) is 15.6 Å². The summed E-state index contributed by atoms with van der Waals surface area (Å²) < 4.78 is 26.0. The summed E-state index contributed by atoms with van der Waals surface area (Å²) in [6.07, 6.45) is 1.20. The van der Waals surface area contributed by atoms with Crippen molar-refractivity contribution in [3.8, 4) is 11.5 Å². The Labute approximate surface area is 189 Å². The van der Waals surface area contributed by atoms with Crippen LogP contribution >= 0.6 is 0 Å². The third-order valence-electron chi connectivity index (χ3n) is 5.03. The number of hydrogen-bond donors (Lipinski definition) is 2. The predicted octanol–water partition coefficient (Wildman–Crippen LogP) is 4.30. The van der Waals surface area contributed by atoms with Crippen LogP contribution in [0.1, 0.15) is 26.5 Å². The summed E-state index contributed by atoms with van der Waals surface area (Å²) in [5.74, 6) is -0.712. The van der Waals surface area contributed by atoms with E-state index in [4.69, 9.17) is 9.47 Å². The van der Waals surface area contributed by atoms with Crippen LogP contribution in [0.3, 0.4) is 0 Å². The molecule has 2 aromatic heterocycles. The number of imidazole rings is 1. The van der Waals surface area contributed by atoms with Gasteiger partial charge in [0.1, 0.15) is 28.7 Å². The quantitative estimate of drug-likeness (QED) is 0.459. The number of rotatable bonds is 6. The van der Waals surface area contributed by atoms with Gasteiger partial charge in [0.2, 0.25) is 0 Å². The van der Waals surface area contributed by atoms with Crippen LogP contribution in [0.2, 0.25) is 0 Å². The molecule has 8 nitrogen and oxygen atoms in total. The first kappa shape index (κ1) is 21.8. The minimum atomic E-state index is -0.507. The Balaban J connectivity index is 1.66. The Morgan fingerprint density at radius 2 is 1.52 bits per heavy atom. The van der Waals surface area contributed by atoms with E-state index in [1.807, 2.05) is 6.07 Å². The molecule has 0 aliphatic heterocycles. The van der Waals surface area contributed by atoms with Crippen LogP contribution in [-0.2, 0) is 0 Å². The van der Waals surface area contributed by atoms with Gasteiger partial charge in [-0.3, -0.25) is 14.0 Å². The van der Waals surface area contributed by atoms with Crippen molar-refractivity contribution < 1.29 is 23.5 Å². The van der Waals surface area contributed by atoms with Crippen molar-refractivity contribution in [3.63, 3.8) is 0 Å². The van der Waals surface area contributed by atoms with Gasteiger partial charge in [0.15, 0.2) is 0 Å². The van der Waals surface area contributed by atoms with E-state index in [1.54, 1.807) is 37.3 Å². The van der Waals surface area contributed by atoms with Crippen LogP contribution in [0.4, 0.5) is 15.8 Å². The van der Waals surface area contributed by atoms with Crippen LogP contribution in [0, 0.1) is 12.7 Å². The summed E-state index contributed by atoms with van der Waals surface area (Å²) >= 11 is 0. The number of aryl methyl sites for hydroxylation is 1. The van der Waals surface area contributed by atoms with Crippen LogP contribution in [0.15, 0.2) is 60.8 Å². The number of pyridine rings is 1. The number of halogens is 1. The van der Waals surface area contributed by atoms with Gasteiger partial charge in [0.05, 0.1) is 31.3 Å². The fraction of sp³-hybridized carbons (Fsp3) is 0.125. The Bertz CT molecular complexity index is 1350. The van der Waals surface area contributed by atoms with Crippen LogP contribution < -0.4 is 20.1 Å². The zero-order valence-corrected chi connectivity index (χ0v) is 18.2. The van der Waals surface area contributed by atoms with E-state index in [-0.39, 0.29) is 11.6 Å². The topological polar surface area (TPSA) is 94.0 Å². The molecule has 0 radical (unpaired) electrons. The van der Waals surface area contributed by atoms with Gasteiger partial charge in [-0.2, -0.15) is 0 Å². The van der Waals surface area contributed by atoms with E-state index in [0.29, 0.717) is 39.8 Å². The molecule has 0 atom stereocenters. The molecule has 168 valence electrons. The monoisotopic (exact) mass is 448 g/mol. The molecule has 0 saturated heterocycles. The van der Waals surface area contributed by atoms with E-state index < -0.39 is 11.7 Å². The van der Waals surface area contributed by atoms with Crippen molar-refractivity contribution >= 4 is 28.8 Å². The second-order valence-corrected chi connectivity index (χ2v) is 7.15. The number of benzene rings is 2. The number of carbonyl (C=O) groups excluding carboxylic acids is 2. The molecule has 0 fully saturated rings. The van der Waals surface area contributed by atoms with Crippen LogP contribution in [-0.4, -0.2) is 35.4 Å². The molecule has 0 aliphatic carbocycles. The summed E-state index contributed by atoms with van der Waals surface area (Å²) in [6, 6.07) is 14.6. The Morgan fingerprint density at radius 3 is 2.12 bits per heavy atom. The fourth-order valence-corrected chi connectivity index (χ4v) is 3.47. The standard InChI is InChI=1S/C24H21FN4O4/c1-14-22(29-13-16(25)9-10-21(29)26-14)24(31)28-18-12-19(32-2)17(11-20(18)33-3)27-23(30)15-7-5-4-6-8-15/h4-13H,1-3H3,(H,27,30)(H,28,31). The van der Waals surface area contributed by atoms with Crippen LogP contribution in [0.5, 0.6) is 11.5 Å². The highest BCUT2D eigenvalue weighted by Crippen LogP contribution is 2.37. The Morgan fingerprint density at radius 1 is 0.909 bits per heavy atom. The number of nitrogens with zero attached hydrogens (tertiary/aromatic N) is 2. The number of methoxy groups -OCH3 is 2. The van der Waals surface area contributed by atoms with Gasteiger partial charge >= 0.3 is 0 Å². The highest BCUT2D eigenvalue weighted by Gasteiger charge is 2.21. The lowest BCUT2D eigenvalue weighted by atomic mass is 10.2. The summed E-state index contributed by atoms with van der Waals surface area (Å²) in [6.45, 7) is 1.67. The second kappa shape index (κ2) is 8.99. The summed E-state index contributed by atoms with van der Waals surface area (Å²) in [5, 5.41) is 5.55. The predicted molar refractivity (Wildman–Crippen MR) is 122 cm³/mol. The first-order chi connectivity index (χ1) is 15.9. The van der Waals surface area contributed by atoms with Gasteiger partial charge in [-0.05, 0) is 31.2 Å². The van der Waals surface area contributed by atoms with Gasteiger partial charge in [-0.25, -0.2) is 9.37 Å². The number of carbonyl (C=O) groups is 2. The van der Waals surface area contributed by atoms with E-state index >= 15 is 0 Å². The number of hydrogen-bond acceptors (Lipinski definition) is 5. The fourth-order valence-electron chi connectivity index (χ4n) is 3.47. The normalized spacial score (nSPS) is 10.7. The molecule has 2 aromatic carbocycles. The van der Waals surface area contributed by atoms with Crippen molar-refractivity contribution in [1.29, 1.82) is 0 Å². The molecule has 2 amide bonds. The summed E-state index contributed by atoms with van der Waals surface area (Å²) in [5.41, 5.74) is 2.23. The molecule has 0 aliphatic rings. The average Bonchev–Trinajstić information content (AvgIpc) is 3.15. The molecule has 33 heavy (non-hydrogen) atoms. The van der Waals surface area contributed by atoms with Gasteiger partial charge in [0.25, 0.3) is 11.8 Å². The maximum absolute atomic E-state index is 13.8. The summed E-state index contributed by atoms with van der Waals surface area (Å²) in [4.78, 5) is 29.9. The van der Waals surface area contributed by atoms with Crippen molar-refractivity contribution in [3.05, 3.63) is 83.6 Å². The molecule has 2 N–H and O–H groups in total. The number of fused-ring (bicyclic) bond motifs is 1. The first-order valence-corrected chi connectivity index (χ1v) is 9.99. The minimum Gasteiger partial charge on any atom is -0.494 e. The van der Waals surface area contributed by atoms with Gasteiger partial charge in [0, 0.05) is 23.9 Å². The average molecular weight is 448 g/mol. The highest BCUT2D eigenvalue weighted by atomic mass is 19.1. The molecule has 4 rings (SSSR count). The molecule has 9 heteroatoms. The van der Waals surface area contributed by atoms with Crippen molar-refractivity contribution in [2.45, 2.75) is 6.92 Å². The molecular weight excluding hydrogens is 427 g/mol. The van der Waals surface area contributed by atoms with Crippen LogP contribution in [0.25, 0.3) is 5.65 Å². The van der Waals surface area contributed by atoms with Crippen molar-refractivity contribution in [1.82, 2.24) is 9.38 Å². The molecule has 0 saturated carbocycles. The van der Waals surface area contributed by atoms with Gasteiger partial charge in [-0.15, -0.1) is 0 Å². The first-order valence-electron chi connectivity index (χ1n) is 9.99. The smallest absolute Gasteiger partial charge is 0.274 e. The molecular formula is C24H21FN4O4. The second-order valence-electron chi connectivity index (χ2n) is 7.15. The molecule has 0 spiro atoms. The van der Waals surface area contributed by atoms with Crippen molar-refractivity contribution in [2.24, 2.45) is 0 Å². The van der Waals surface area contributed by atoms with E-state index in [9.17, 15) is 14.0 Å². The Hall–Kier alpha value is -4.40. The number of anilines is 2. The third-order valence-corrected chi connectivity index (χ3v) is 5.03. The number of ether oxygens (including phenoxy) is 2. The largest absolute Gasteiger partial charge is 0.494 e. The molecule has 2 heterocycles. The lowest BCUT2D eigenvalue weighted by Crippen LogP contribution is -2.17. The zero-order chi connectivity index (χ0) is 23.5. The number of amides is 2. The SMILES string of the molecule is COc1cc(NC(=O)c2c(C)nc3ccc(F)cn23)c(OC)cc1NC(=O)c1ccccc1. The summed E-state index contributed by atoms with van der Waals surface area (Å²) in [7, 11) is 2.89. The zero-order valence-electron chi connectivity index (χ0n) is 18.2. The van der Waals surface area contributed by atoms with Gasteiger partial charge in [-0.1, -0.05) is 18.2 Å². The maximum atomic E-state index is 13.8. The van der Waals surface area contributed by atoms with Crippen molar-refractivity contribution in [2.75, 3.05) is 24.9 Å². The lowest BCUT2D eigenvalue weighted by molar-refractivity contribution is 0.101. The number of aromatic nitrogens is 2. The van der Waals surface area contributed by atoms with E-state index in [0.717, 1.165) is 0 Å². The highest BCUT2D eigenvalue weighted by molar-refractivity contribution is 6.07. The molecule has 0 bridgehead atoms. The minimum absolute atomic E-state index is 0.187. The molecule has 4 aromatic rings. The third kappa shape index (κ3) is 4.33. The lowest BCUT2D eigenvalue weighted by Gasteiger charge is -2.16. The molecule has 0 unspecified atom stereocenters. The Kier molecular flexibility index (Phi) is 5.95. The van der Waals surface area contributed by atoms with E-state index in [1.165, 1.54) is 43.0 Å². The number of nitrogens with one attached hydrogen (secondary N) is 2. The maximum Gasteiger partial charge on any atom is 0.274 e.